The molecule has 4 aromatic rings. The van der Waals surface area contributed by atoms with Crippen LogP contribution in [0, 0.1) is 20.8 Å². The molecule has 0 bridgehead atoms. The molecular formula is C46H57Cl2N7O9S. The molecule has 350 valence electrons. The van der Waals surface area contributed by atoms with Crippen LogP contribution in [0.1, 0.15) is 65.5 Å². The smallest absolute Gasteiger partial charge is 0.407 e. The first-order valence-corrected chi connectivity index (χ1v) is 23.1. The van der Waals surface area contributed by atoms with Crippen molar-refractivity contribution in [2.75, 3.05) is 20.2 Å². The van der Waals surface area contributed by atoms with Crippen molar-refractivity contribution in [2.45, 2.75) is 95.5 Å². The van der Waals surface area contributed by atoms with Crippen molar-refractivity contribution in [2.24, 2.45) is 16.5 Å². The van der Waals surface area contributed by atoms with Gasteiger partial charge in [-0.3, -0.25) is 14.6 Å². The van der Waals surface area contributed by atoms with Crippen LogP contribution in [0.15, 0.2) is 94.8 Å². The molecule has 16 nitrogen and oxygen atoms in total. The van der Waals surface area contributed by atoms with E-state index in [0.717, 1.165) is 11.1 Å². The number of ether oxygens (including phenoxy) is 3. The fourth-order valence-electron chi connectivity index (χ4n) is 6.85. The number of alkyl carbamates (subject to hydrolysis) is 1. The summed E-state index contributed by atoms with van der Waals surface area (Å²) in [5, 5.41) is 9.01. The minimum atomic E-state index is -4.06. The quantitative estimate of drug-likeness (QED) is 0.0229. The first-order valence-electron chi connectivity index (χ1n) is 20.9. The molecule has 3 amide bonds. The van der Waals surface area contributed by atoms with Crippen molar-refractivity contribution in [1.29, 1.82) is 0 Å². The summed E-state index contributed by atoms with van der Waals surface area (Å²) in [6, 6.07) is 21.5. The summed E-state index contributed by atoms with van der Waals surface area (Å²) in [6.07, 6.45) is 0.701. The van der Waals surface area contributed by atoms with E-state index in [4.69, 9.17) is 48.9 Å². The van der Waals surface area contributed by atoms with Gasteiger partial charge in [0.25, 0.3) is 10.0 Å². The number of benzene rings is 4. The maximum atomic E-state index is 13.8. The number of methoxy groups -OCH3 is 1. The lowest BCUT2D eigenvalue weighted by Gasteiger charge is -2.23. The number of halogens is 2. The molecule has 0 unspecified atom stereocenters. The number of rotatable bonds is 23. The summed E-state index contributed by atoms with van der Waals surface area (Å²) in [6.45, 7) is 5.73. The summed E-state index contributed by atoms with van der Waals surface area (Å²) in [7, 11) is -2.87. The molecule has 0 aliphatic carbocycles. The van der Waals surface area contributed by atoms with Crippen LogP contribution in [-0.2, 0) is 53.5 Å². The van der Waals surface area contributed by atoms with E-state index < -0.39 is 52.0 Å². The van der Waals surface area contributed by atoms with Gasteiger partial charge in [-0.05, 0) is 106 Å². The second-order valence-corrected chi connectivity index (χ2v) is 17.7. The maximum absolute atomic E-state index is 13.8. The van der Waals surface area contributed by atoms with Crippen LogP contribution in [0.3, 0.4) is 0 Å². The number of aryl methyl sites for hydroxylation is 3. The number of nitrogens with two attached hydrogens (primary N) is 2. The molecule has 0 aromatic heterocycles. The van der Waals surface area contributed by atoms with Gasteiger partial charge in [0.15, 0.2) is 0 Å². The van der Waals surface area contributed by atoms with Gasteiger partial charge in [-0.25, -0.2) is 22.7 Å². The molecule has 0 saturated heterocycles. The van der Waals surface area contributed by atoms with Crippen LogP contribution in [0.4, 0.5) is 4.79 Å². The van der Waals surface area contributed by atoms with Gasteiger partial charge in [-0.1, -0.05) is 89.4 Å². The Morgan fingerprint density at radius 1 is 0.769 bits per heavy atom. The number of carbonyl (C=O) groups is 4. The molecule has 8 N–H and O–H groups in total. The summed E-state index contributed by atoms with van der Waals surface area (Å²) >= 11 is 12.5. The molecule has 4 aromatic carbocycles. The molecule has 0 radical (unpaired) electrons. The molecule has 0 spiro atoms. The lowest BCUT2D eigenvalue weighted by molar-refractivity contribution is -0.145. The van der Waals surface area contributed by atoms with Crippen molar-refractivity contribution in [3.05, 3.63) is 128 Å². The van der Waals surface area contributed by atoms with Gasteiger partial charge in [0.1, 0.15) is 31.0 Å². The minimum absolute atomic E-state index is 0.00832. The number of guanidine groups is 1. The highest BCUT2D eigenvalue weighted by Crippen LogP contribution is 2.26. The van der Waals surface area contributed by atoms with Gasteiger partial charge in [0.2, 0.25) is 17.8 Å². The molecule has 0 aliphatic heterocycles. The van der Waals surface area contributed by atoms with Crippen LogP contribution in [-0.4, -0.2) is 76.6 Å². The summed E-state index contributed by atoms with van der Waals surface area (Å²) in [5.74, 6) is -1.86. The summed E-state index contributed by atoms with van der Waals surface area (Å²) < 4.78 is 44.8. The maximum Gasteiger partial charge on any atom is 0.407 e. The second-order valence-electron chi connectivity index (χ2n) is 15.3. The highest BCUT2D eigenvalue weighted by molar-refractivity contribution is 7.90. The van der Waals surface area contributed by atoms with Crippen LogP contribution < -0.4 is 36.9 Å². The zero-order valence-corrected chi connectivity index (χ0v) is 39.2. The highest BCUT2D eigenvalue weighted by Gasteiger charge is 2.29. The molecule has 0 aliphatic rings. The number of amides is 3. The number of aliphatic imine (C=N–C) groups is 1. The van der Waals surface area contributed by atoms with E-state index in [1.807, 2.05) is 37.3 Å². The van der Waals surface area contributed by atoms with E-state index in [-0.39, 0.29) is 62.8 Å². The van der Waals surface area contributed by atoms with Gasteiger partial charge < -0.3 is 41.6 Å². The van der Waals surface area contributed by atoms with E-state index >= 15 is 0 Å². The zero-order valence-electron chi connectivity index (χ0n) is 36.8. The number of nitrogens with one attached hydrogen (secondary N) is 4. The number of unbranched alkanes of at least 4 members (excludes halogenated alkanes) is 1. The number of hydrogen-bond donors (Lipinski definition) is 6. The Morgan fingerprint density at radius 2 is 1.40 bits per heavy atom. The largest absolute Gasteiger partial charge is 0.489 e. The number of esters is 1. The lowest BCUT2D eigenvalue weighted by atomic mass is 10.0. The Kier molecular flexibility index (Phi) is 20.4. The Balaban J connectivity index is 1.38. The number of sulfonamides is 1. The summed E-state index contributed by atoms with van der Waals surface area (Å²) in [5.41, 5.74) is 16.5. The van der Waals surface area contributed by atoms with Crippen LogP contribution in [0.2, 0.25) is 10.0 Å². The van der Waals surface area contributed by atoms with Crippen molar-refractivity contribution in [1.82, 2.24) is 20.7 Å². The molecular weight excluding hydrogens is 898 g/mol. The third-order valence-corrected chi connectivity index (χ3v) is 12.4. The molecule has 0 saturated carbocycles. The predicted octanol–water partition coefficient (Wildman–Crippen LogP) is 5.68. The zero-order chi connectivity index (χ0) is 47.5. The Morgan fingerprint density at radius 3 is 2.05 bits per heavy atom. The average Bonchev–Trinajstić information content (AvgIpc) is 3.25. The SMILES string of the molecule is COC(=O)[C@H](CCCCNC(=O)OCc1ccccc1)NC(=O)[C@H](CCCN=C(N)NS(=O)(=O)c1c(C)cc(C)cc1C)NC(=O)[C@@H](N)Cc1ccc(OCc2c(Cl)cccc2Cl)cc1. The van der Waals surface area contributed by atoms with Gasteiger partial charge in [-0.15, -0.1) is 0 Å². The minimum Gasteiger partial charge on any atom is -0.489 e. The van der Waals surface area contributed by atoms with Crippen molar-refractivity contribution in [3.8, 4) is 5.75 Å². The third-order valence-electron chi connectivity index (χ3n) is 10.0. The van der Waals surface area contributed by atoms with Crippen LogP contribution >= 0.6 is 23.2 Å². The topological polar surface area (TPSA) is 243 Å². The molecule has 19 heteroatoms. The summed E-state index contributed by atoms with van der Waals surface area (Å²) in [4.78, 5) is 56.6. The Bertz CT molecular complexity index is 2340. The lowest BCUT2D eigenvalue weighted by Crippen LogP contribution is -2.55. The number of carbonyl (C=O) groups excluding carboxylic acids is 4. The highest BCUT2D eigenvalue weighted by atomic mass is 35.5. The van der Waals surface area contributed by atoms with Crippen molar-refractivity contribution >= 4 is 63.1 Å². The molecule has 65 heavy (non-hydrogen) atoms. The standard InChI is InChI=1S/C46H57Cl2N7O9S/c1-29-24-30(2)41(31(3)25-29)65(60,61)55-45(50)51-23-11-17-39(43(57)54-40(44(58)62-4)16-8-9-22-52-46(59)64-27-33-12-6-5-7-13-33)53-42(56)38(49)26-32-18-20-34(21-19-32)63-28-35-36(47)14-10-15-37(35)48/h5-7,10,12-15,18-21,24-25,38-40H,8-9,11,16-17,22-23,26-28,49H2,1-4H3,(H,52,59)(H,53,56)(H,54,57)(H3,50,51,55)/t38-,39-,40-/m0/s1. The monoisotopic (exact) mass is 953 g/mol. The normalized spacial score (nSPS) is 12.9. The van der Waals surface area contributed by atoms with Crippen LogP contribution in [0.25, 0.3) is 0 Å². The van der Waals surface area contributed by atoms with Gasteiger partial charge in [-0.2, -0.15) is 0 Å². The van der Waals surface area contributed by atoms with Gasteiger partial charge in [0.05, 0.1) is 18.0 Å². The first-order chi connectivity index (χ1) is 31.0. The predicted molar refractivity (Wildman–Crippen MR) is 250 cm³/mol. The number of hydrogen-bond acceptors (Lipinski definition) is 11. The number of nitrogens with zero attached hydrogens (tertiary/aromatic N) is 1. The van der Waals surface area contributed by atoms with E-state index in [0.29, 0.717) is 50.9 Å². The molecule has 0 heterocycles. The molecule has 4 rings (SSSR count). The van der Waals surface area contributed by atoms with Crippen LogP contribution in [0.5, 0.6) is 5.75 Å². The van der Waals surface area contributed by atoms with E-state index in [1.54, 1.807) is 68.4 Å². The van der Waals surface area contributed by atoms with Crippen molar-refractivity contribution in [3.63, 3.8) is 0 Å². The first kappa shape index (κ1) is 51.8. The average molecular weight is 955 g/mol. The van der Waals surface area contributed by atoms with Gasteiger partial charge >= 0.3 is 12.1 Å². The van der Waals surface area contributed by atoms with E-state index in [2.05, 4.69) is 25.7 Å². The van der Waals surface area contributed by atoms with E-state index in [1.165, 1.54) is 7.11 Å². The molecule has 3 atom stereocenters. The fraction of sp³-hybridized carbons (Fsp3) is 0.370. The third kappa shape index (κ3) is 16.9. The second kappa shape index (κ2) is 25.6. The van der Waals surface area contributed by atoms with Gasteiger partial charge in [0, 0.05) is 28.7 Å². The Hall–Kier alpha value is -5.88. The molecule has 0 fully saturated rings. The van der Waals surface area contributed by atoms with Crippen molar-refractivity contribution < 1.29 is 41.8 Å². The van der Waals surface area contributed by atoms with E-state index in [9.17, 15) is 27.6 Å². The Labute approximate surface area is 390 Å². The fourth-order valence-corrected chi connectivity index (χ4v) is 8.76.